The molecule has 1 atom stereocenters. The van der Waals surface area contributed by atoms with E-state index < -0.39 is 23.2 Å². The molecule has 1 aromatic carbocycles. The Balaban J connectivity index is 2.01. The zero-order valence-corrected chi connectivity index (χ0v) is 21.1. The minimum atomic E-state index is -0.895. The molecule has 0 bridgehead atoms. The number of nitriles is 1. The average molecular weight is 487 g/mol. The van der Waals surface area contributed by atoms with Gasteiger partial charge in [-0.25, -0.2) is 4.79 Å². The van der Waals surface area contributed by atoms with E-state index in [0.29, 0.717) is 34.1 Å². The largest absolute Gasteiger partial charge is 0.495 e. The van der Waals surface area contributed by atoms with E-state index in [1.807, 2.05) is 0 Å². The molecule has 0 amide bonds. The van der Waals surface area contributed by atoms with E-state index in [4.69, 9.17) is 25.8 Å². The number of carbonyl (C=O) groups is 1. The van der Waals surface area contributed by atoms with Crippen LogP contribution in [0.25, 0.3) is 11.1 Å². The number of pyridine rings is 1. The molecule has 7 nitrogen and oxygen atoms in total. The van der Waals surface area contributed by atoms with Gasteiger partial charge >= 0.3 is 5.97 Å². The Kier molecular flexibility index (Phi) is 7.74. The van der Waals surface area contributed by atoms with Crippen LogP contribution in [0.15, 0.2) is 35.3 Å². The van der Waals surface area contributed by atoms with E-state index in [9.17, 15) is 14.9 Å². The molecule has 1 unspecified atom stereocenters. The number of carbonyl (C=O) groups excluding carboxylic acids is 1. The zero-order valence-electron chi connectivity index (χ0n) is 20.3. The van der Waals surface area contributed by atoms with E-state index in [2.05, 4.69) is 13.0 Å². The van der Waals surface area contributed by atoms with Crippen LogP contribution in [0.2, 0.25) is 5.02 Å². The van der Waals surface area contributed by atoms with Gasteiger partial charge in [0.2, 0.25) is 0 Å². The SMILES string of the molecule is COc1cn(C(CCOC2(C)CCC2)C(=O)OC(C)(C)C)c(=O)cc1-c1cc(Cl)ccc1C#N. The third-order valence-corrected chi connectivity index (χ3v) is 6.16. The highest BCUT2D eigenvalue weighted by atomic mass is 35.5. The van der Waals surface area contributed by atoms with Gasteiger partial charge in [0.15, 0.2) is 0 Å². The lowest BCUT2D eigenvalue weighted by Crippen LogP contribution is -2.39. The van der Waals surface area contributed by atoms with Crippen molar-refractivity contribution < 1.29 is 19.0 Å². The van der Waals surface area contributed by atoms with Gasteiger partial charge in [-0.1, -0.05) is 11.6 Å². The summed E-state index contributed by atoms with van der Waals surface area (Å²) in [5.41, 5.74) is -0.0662. The number of halogens is 1. The Hall–Kier alpha value is -2.82. The number of nitrogens with zero attached hydrogens (tertiary/aromatic N) is 2. The molecule has 1 aliphatic carbocycles. The number of rotatable bonds is 8. The lowest BCUT2D eigenvalue weighted by Gasteiger charge is -2.38. The summed E-state index contributed by atoms with van der Waals surface area (Å²) in [7, 11) is 1.47. The maximum absolute atomic E-state index is 13.2. The zero-order chi connectivity index (χ0) is 25.1. The minimum absolute atomic E-state index is 0.175. The summed E-state index contributed by atoms with van der Waals surface area (Å²) >= 11 is 6.15. The van der Waals surface area contributed by atoms with E-state index in [1.54, 1.807) is 39.0 Å². The molecule has 1 aliphatic rings. The first-order valence-electron chi connectivity index (χ1n) is 11.3. The highest BCUT2D eigenvalue weighted by Crippen LogP contribution is 2.36. The lowest BCUT2D eigenvalue weighted by molar-refractivity contribution is -0.161. The molecule has 0 N–H and O–H groups in total. The van der Waals surface area contributed by atoms with E-state index in [1.165, 1.54) is 23.9 Å². The molecule has 34 heavy (non-hydrogen) atoms. The molecular formula is C26H31ClN2O5. The second-order valence-electron chi connectivity index (χ2n) is 9.79. The number of esters is 1. The van der Waals surface area contributed by atoms with Crippen molar-refractivity contribution in [3.05, 3.63) is 51.4 Å². The van der Waals surface area contributed by atoms with E-state index >= 15 is 0 Å². The second kappa shape index (κ2) is 10.2. The molecule has 1 heterocycles. The predicted molar refractivity (Wildman–Crippen MR) is 130 cm³/mol. The summed E-state index contributed by atoms with van der Waals surface area (Å²) in [5, 5.41) is 9.95. The molecule has 1 saturated carbocycles. The Morgan fingerprint density at radius 1 is 1.26 bits per heavy atom. The van der Waals surface area contributed by atoms with Gasteiger partial charge in [-0.05, 0) is 65.2 Å². The highest BCUT2D eigenvalue weighted by molar-refractivity contribution is 6.31. The summed E-state index contributed by atoms with van der Waals surface area (Å²) in [5.74, 6) is -0.189. The minimum Gasteiger partial charge on any atom is -0.495 e. The first-order chi connectivity index (χ1) is 16.0. The van der Waals surface area contributed by atoms with Crippen LogP contribution < -0.4 is 10.3 Å². The molecular weight excluding hydrogens is 456 g/mol. The first kappa shape index (κ1) is 25.8. The summed E-state index contributed by atoms with van der Waals surface area (Å²) in [6.07, 6.45) is 4.84. The van der Waals surface area contributed by atoms with Gasteiger partial charge in [-0.15, -0.1) is 0 Å². The van der Waals surface area contributed by atoms with Crippen LogP contribution in [0.3, 0.4) is 0 Å². The summed E-state index contributed by atoms with van der Waals surface area (Å²) in [6, 6.07) is 7.38. The van der Waals surface area contributed by atoms with Crippen LogP contribution in [0.4, 0.5) is 0 Å². The van der Waals surface area contributed by atoms with E-state index in [-0.39, 0.29) is 12.0 Å². The van der Waals surface area contributed by atoms with Gasteiger partial charge in [-0.2, -0.15) is 5.26 Å². The fourth-order valence-corrected chi connectivity index (χ4v) is 4.13. The van der Waals surface area contributed by atoms with Crippen LogP contribution in [0.5, 0.6) is 5.75 Å². The topological polar surface area (TPSA) is 90.5 Å². The smallest absolute Gasteiger partial charge is 0.329 e. The molecule has 3 rings (SSSR count). The number of methoxy groups -OCH3 is 1. The molecule has 1 fully saturated rings. The Morgan fingerprint density at radius 2 is 1.97 bits per heavy atom. The fraction of sp³-hybridized carbons (Fsp3) is 0.500. The van der Waals surface area contributed by atoms with Crippen LogP contribution in [0.1, 0.15) is 65.0 Å². The van der Waals surface area contributed by atoms with Crippen molar-refractivity contribution in [2.24, 2.45) is 0 Å². The van der Waals surface area contributed by atoms with Crippen molar-refractivity contribution in [2.45, 2.75) is 70.6 Å². The van der Waals surface area contributed by atoms with Gasteiger partial charge < -0.3 is 14.2 Å². The van der Waals surface area contributed by atoms with Crippen molar-refractivity contribution in [2.75, 3.05) is 13.7 Å². The Bertz CT molecular complexity index is 1160. The van der Waals surface area contributed by atoms with Crippen molar-refractivity contribution >= 4 is 17.6 Å². The maximum Gasteiger partial charge on any atom is 0.329 e. The van der Waals surface area contributed by atoms with Crippen molar-refractivity contribution in [3.8, 4) is 22.9 Å². The van der Waals surface area contributed by atoms with E-state index in [0.717, 1.165) is 19.3 Å². The number of aromatic nitrogens is 1. The maximum atomic E-state index is 13.2. The van der Waals surface area contributed by atoms with Gasteiger partial charge in [0, 0.05) is 35.2 Å². The molecule has 8 heteroatoms. The fourth-order valence-electron chi connectivity index (χ4n) is 3.96. The third kappa shape index (κ3) is 5.99. The quantitative estimate of drug-likeness (QED) is 0.471. The van der Waals surface area contributed by atoms with Gasteiger partial charge in [0.05, 0.1) is 30.5 Å². The molecule has 0 radical (unpaired) electrons. The lowest BCUT2D eigenvalue weighted by atomic mass is 9.82. The standard InChI is InChI=1S/C26H31ClN2O5/c1-25(2,3)34-24(31)21(9-12-33-26(4)10-6-11-26)29-16-22(32-5)20(14-23(29)30)19-13-18(27)8-7-17(19)15-28/h7-8,13-14,16,21H,6,9-12H2,1-5H3. The van der Waals surface area contributed by atoms with Crippen LogP contribution in [-0.2, 0) is 14.3 Å². The summed E-state index contributed by atoms with van der Waals surface area (Å²) < 4.78 is 18.5. The molecule has 0 aliphatic heterocycles. The monoisotopic (exact) mass is 486 g/mol. The first-order valence-corrected chi connectivity index (χ1v) is 11.7. The molecule has 0 spiro atoms. The highest BCUT2D eigenvalue weighted by Gasteiger charge is 2.34. The average Bonchev–Trinajstić information content (AvgIpc) is 2.74. The van der Waals surface area contributed by atoms with Crippen LogP contribution in [-0.4, -0.2) is 35.5 Å². The van der Waals surface area contributed by atoms with Gasteiger partial charge in [0.25, 0.3) is 5.56 Å². The molecule has 0 saturated heterocycles. The van der Waals surface area contributed by atoms with Crippen molar-refractivity contribution in [1.29, 1.82) is 5.26 Å². The van der Waals surface area contributed by atoms with Crippen molar-refractivity contribution in [1.82, 2.24) is 4.57 Å². The Morgan fingerprint density at radius 3 is 2.53 bits per heavy atom. The van der Waals surface area contributed by atoms with Crippen LogP contribution in [0, 0.1) is 11.3 Å². The number of benzene rings is 1. The number of ether oxygens (including phenoxy) is 3. The molecule has 182 valence electrons. The Labute approximate surface area is 205 Å². The number of hydrogen-bond acceptors (Lipinski definition) is 6. The molecule has 1 aromatic heterocycles. The summed E-state index contributed by atoms with van der Waals surface area (Å²) in [6.45, 7) is 7.71. The van der Waals surface area contributed by atoms with Gasteiger partial charge in [0.1, 0.15) is 17.4 Å². The summed E-state index contributed by atoms with van der Waals surface area (Å²) in [4.78, 5) is 26.4. The molecule has 2 aromatic rings. The predicted octanol–water partition coefficient (Wildman–Crippen LogP) is 5.28. The van der Waals surface area contributed by atoms with Crippen LogP contribution >= 0.6 is 11.6 Å². The van der Waals surface area contributed by atoms with Gasteiger partial charge in [-0.3, -0.25) is 9.36 Å². The normalized spacial score (nSPS) is 15.7. The van der Waals surface area contributed by atoms with Crippen molar-refractivity contribution in [3.63, 3.8) is 0 Å². The third-order valence-electron chi connectivity index (χ3n) is 5.92. The number of hydrogen-bond donors (Lipinski definition) is 0. The second-order valence-corrected chi connectivity index (χ2v) is 10.2.